The number of hydrogen-bond acceptors (Lipinski definition) is 17. The number of aliphatic hydroxyl groups excluding tert-OH is 10. The van der Waals surface area contributed by atoms with Crippen molar-refractivity contribution in [2.24, 2.45) is 0 Å². The Kier molecular flexibility index (Phi) is 11.5. The molecule has 0 aromatic carbocycles. The zero-order chi connectivity index (χ0) is 31.0. The van der Waals surface area contributed by atoms with E-state index in [0.717, 1.165) is 0 Å². The zero-order valence-corrected chi connectivity index (χ0v) is 23.4. The first-order chi connectivity index (χ1) is 19.8. The summed E-state index contributed by atoms with van der Waals surface area (Å²) in [5.74, 6) is 0. The molecule has 4 rings (SSSR count). The van der Waals surface area contributed by atoms with Crippen molar-refractivity contribution < 1.29 is 84.2 Å². The van der Waals surface area contributed by atoms with Crippen molar-refractivity contribution in [2.75, 3.05) is 13.2 Å². The van der Waals surface area contributed by atoms with Crippen LogP contribution in [0.1, 0.15) is 27.2 Å². The molecular formula is C25H44O17. The predicted molar refractivity (Wildman–Crippen MR) is 133 cm³/mol. The van der Waals surface area contributed by atoms with E-state index in [1.807, 2.05) is 0 Å². The molecule has 0 spiro atoms. The molecule has 10 N–H and O–H groups in total. The highest BCUT2D eigenvalue weighted by molar-refractivity contribution is 4.98. The first-order valence-electron chi connectivity index (χ1n) is 14.1. The van der Waals surface area contributed by atoms with Crippen LogP contribution in [-0.2, 0) is 33.2 Å². The van der Waals surface area contributed by atoms with Gasteiger partial charge < -0.3 is 84.2 Å². The molecule has 0 saturated carbocycles. The van der Waals surface area contributed by atoms with Gasteiger partial charge in [-0.2, -0.15) is 0 Å². The van der Waals surface area contributed by atoms with E-state index in [1.54, 1.807) is 6.92 Å². The lowest BCUT2D eigenvalue weighted by Crippen LogP contribution is -2.65. The Bertz CT molecular complexity index is 854. The molecule has 0 bridgehead atoms. The molecule has 4 saturated heterocycles. The topological polar surface area (TPSA) is 267 Å². The molecule has 0 radical (unpaired) electrons. The fourth-order valence-electron chi connectivity index (χ4n) is 5.63. The molecule has 4 aliphatic heterocycles. The van der Waals surface area contributed by atoms with Crippen LogP contribution in [0.4, 0.5) is 0 Å². The fourth-order valence-corrected chi connectivity index (χ4v) is 5.63. The lowest BCUT2D eigenvalue weighted by molar-refractivity contribution is -0.375. The molecule has 17 heteroatoms. The predicted octanol–water partition coefficient (Wildman–Crippen LogP) is -5.59. The summed E-state index contributed by atoms with van der Waals surface area (Å²) < 4.78 is 40.5. The number of aliphatic hydroxyl groups is 10. The third kappa shape index (κ3) is 6.63. The SMILES string of the molecule is CC[C@@H]1OC(CO)C(OC2OC(C)C(O)C(O)C2O)C1OC1OC(CO)C(O)C(O)C1OC1OC(C)C(O)C(O)C1O. The molecule has 4 aliphatic rings. The van der Waals surface area contributed by atoms with E-state index in [9.17, 15) is 51.1 Å². The molecule has 17 nitrogen and oxygen atoms in total. The smallest absolute Gasteiger partial charge is 0.187 e. The van der Waals surface area contributed by atoms with E-state index >= 15 is 0 Å². The van der Waals surface area contributed by atoms with Gasteiger partial charge in [-0.1, -0.05) is 6.92 Å². The highest BCUT2D eigenvalue weighted by Crippen LogP contribution is 2.36. The number of rotatable bonds is 9. The molecule has 4 heterocycles. The maximum Gasteiger partial charge on any atom is 0.187 e. The van der Waals surface area contributed by atoms with Crippen molar-refractivity contribution in [3.63, 3.8) is 0 Å². The molecule has 0 amide bonds. The standard InChI is InChI=1S/C25H44O17/c1-4-9-20(21(11(6-27)38-9)40-23-18(34)15(31)12(28)7(2)36-23)41-25-22(17(33)14(30)10(5-26)39-25)42-24-19(35)16(32)13(29)8(3)37-24/h7-35H,4-6H2,1-3H3/t7?,8?,9-,10?,11?,12?,13?,14?,15?,16?,17?,18?,19?,20?,21?,22?,23?,24?,25?/m0/s1. The molecular weight excluding hydrogens is 572 g/mol. The van der Waals surface area contributed by atoms with Gasteiger partial charge in [-0.05, 0) is 20.3 Å². The Morgan fingerprint density at radius 1 is 0.452 bits per heavy atom. The molecule has 246 valence electrons. The van der Waals surface area contributed by atoms with Crippen LogP contribution in [0.25, 0.3) is 0 Å². The summed E-state index contributed by atoms with van der Waals surface area (Å²) in [7, 11) is 0. The van der Waals surface area contributed by atoms with Gasteiger partial charge in [0.2, 0.25) is 0 Å². The van der Waals surface area contributed by atoms with Crippen molar-refractivity contribution in [3.05, 3.63) is 0 Å². The van der Waals surface area contributed by atoms with Crippen LogP contribution in [0.15, 0.2) is 0 Å². The van der Waals surface area contributed by atoms with Crippen LogP contribution >= 0.6 is 0 Å². The largest absolute Gasteiger partial charge is 0.394 e. The van der Waals surface area contributed by atoms with Crippen molar-refractivity contribution >= 4 is 0 Å². The number of ether oxygens (including phenoxy) is 7. The Morgan fingerprint density at radius 2 is 0.905 bits per heavy atom. The summed E-state index contributed by atoms with van der Waals surface area (Å²) >= 11 is 0. The van der Waals surface area contributed by atoms with Crippen LogP contribution < -0.4 is 0 Å². The van der Waals surface area contributed by atoms with Gasteiger partial charge in [-0.25, -0.2) is 0 Å². The van der Waals surface area contributed by atoms with E-state index in [1.165, 1.54) is 13.8 Å². The van der Waals surface area contributed by atoms with E-state index in [4.69, 9.17) is 33.2 Å². The molecule has 0 aromatic rings. The van der Waals surface area contributed by atoms with Crippen LogP contribution in [0, 0.1) is 0 Å². The second-order valence-electron chi connectivity index (χ2n) is 11.2. The van der Waals surface area contributed by atoms with Gasteiger partial charge in [0.1, 0.15) is 79.4 Å². The molecule has 0 aromatic heterocycles. The maximum absolute atomic E-state index is 10.9. The lowest BCUT2D eigenvalue weighted by Gasteiger charge is -2.46. The first-order valence-corrected chi connectivity index (χ1v) is 14.1. The van der Waals surface area contributed by atoms with Crippen LogP contribution in [0.5, 0.6) is 0 Å². The minimum Gasteiger partial charge on any atom is -0.394 e. The van der Waals surface area contributed by atoms with Gasteiger partial charge in [0.25, 0.3) is 0 Å². The van der Waals surface area contributed by atoms with E-state index in [0.29, 0.717) is 6.42 Å². The summed E-state index contributed by atoms with van der Waals surface area (Å²) in [6, 6.07) is 0. The summed E-state index contributed by atoms with van der Waals surface area (Å²) in [4.78, 5) is 0. The first kappa shape index (κ1) is 34.2. The molecule has 0 aliphatic carbocycles. The second-order valence-corrected chi connectivity index (χ2v) is 11.2. The van der Waals surface area contributed by atoms with Gasteiger partial charge in [-0.15, -0.1) is 0 Å². The van der Waals surface area contributed by atoms with Crippen molar-refractivity contribution in [3.8, 4) is 0 Å². The van der Waals surface area contributed by atoms with Crippen LogP contribution in [-0.4, -0.2) is 181 Å². The van der Waals surface area contributed by atoms with Crippen LogP contribution in [0.2, 0.25) is 0 Å². The average molecular weight is 617 g/mol. The maximum atomic E-state index is 10.9. The van der Waals surface area contributed by atoms with Gasteiger partial charge >= 0.3 is 0 Å². The van der Waals surface area contributed by atoms with Crippen molar-refractivity contribution in [1.82, 2.24) is 0 Å². The summed E-state index contributed by atoms with van der Waals surface area (Å²) in [6.45, 7) is 3.35. The highest BCUT2D eigenvalue weighted by Gasteiger charge is 2.55. The Labute approximate surface area is 241 Å². The normalized spacial score (nSPS) is 53.8. The Hall–Kier alpha value is -0.680. The third-order valence-electron chi connectivity index (χ3n) is 8.30. The Balaban J connectivity index is 1.59. The third-order valence-corrected chi connectivity index (χ3v) is 8.30. The molecule has 19 atom stereocenters. The zero-order valence-electron chi connectivity index (χ0n) is 23.4. The molecule has 42 heavy (non-hydrogen) atoms. The molecule has 4 fully saturated rings. The molecule has 18 unspecified atom stereocenters. The fraction of sp³-hybridized carbons (Fsp3) is 1.00. The van der Waals surface area contributed by atoms with Gasteiger partial charge in [0, 0.05) is 0 Å². The lowest BCUT2D eigenvalue weighted by atomic mass is 9.97. The monoisotopic (exact) mass is 616 g/mol. The quantitative estimate of drug-likeness (QED) is 0.116. The summed E-state index contributed by atoms with van der Waals surface area (Å²) in [5, 5.41) is 103. The van der Waals surface area contributed by atoms with Gasteiger partial charge in [0.15, 0.2) is 18.9 Å². The van der Waals surface area contributed by atoms with Gasteiger partial charge in [0.05, 0.1) is 31.5 Å². The minimum atomic E-state index is -1.77. The van der Waals surface area contributed by atoms with Crippen molar-refractivity contribution in [2.45, 2.75) is 144 Å². The van der Waals surface area contributed by atoms with Crippen LogP contribution in [0.3, 0.4) is 0 Å². The number of hydrogen-bond donors (Lipinski definition) is 10. The Morgan fingerprint density at radius 3 is 1.38 bits per heavy atom. The van der Waals surface area contributed by atoms with E-state index in [2.05, 4.69) is 0 Å². The minimum absolute atomic E-state index is 0.311. The van der Waals surface area contributed by atoms with E-state index in [-0.39, 0.29) is 0 Å². The second kappa shape index (κ2) is 14.2. The summed E-state index contributed by atoms with van der Waals surface area (Å²) in [6.07, 6.45) is -26.3. The average Bonchev–Trinajstić information content (AvgIpc) is 3.31. The summed E-state index contributed by atoms with van der Waals surface area (Å²) in [5.41, 5.74) is 0. The van der Waals surface area contributed by atoms with Gasteiger partial charge in [-0.3, -0.25) is 0 Å². The van der Waals surface area contributed by atoms with Crippen molar-refractivity contribution in [1.29, 1.82) is 0 Å². The van der Waals surface area contributed by atoms with E-state index < -0.39 is 130 Å². The highest BCUT2D eigenvalue weighted by atomic mass is 16.8.